The van der Waals surface area contributed by atoms with E-state index in [-0.39, 0.29) is 19.1 Å². The van der Waals surface area contributed by atoms with E-state index in [9.17, 15) is 136 Å². The Morgan fingerprint density at radius 1 is 0.358 bits per heavy atom. The van der Waals surface area contributed by atoms with Crippen LogP contribution in [0.15, 0.2) is 42.5 Å². The highest BCUT2D eigenvalue weighted by molar-refractivity contribution is 5.75. The number of rotatable bonds is 11. The normalized spacial score (nSPS) is 15.7. The first kappa shape index (κ1) is 70.2. The summed E-state index contributed by atoms with van der Waals surface area (Å²) >= 11 is 0. The molecule has 0 spiro atoms. The lowest BCUT2D eigenvalue weighted by atomic mass is 9.67. The molecule has 0 aliphatic heterocycles. The Morgan fingerprint density at radius 2 is 0.642 bits per heavy atom. The second-order valence-electron chi connectivity index (χ2n) is 19.5. The smallest absolute Gasteiger partial charge is 0.430 e. The van der Waals surface area contributed by atoms with E-state index >= 15 is 26.3 Å². The van der Waals surface area contributed by atoms with Crippen LogP contribution in [0.25, 0.3) is 5.57 Å². The molecule has 0 aliphatic rings. The number of halogens is 30. The predicted molar refractivity (Wildman–Crippen MR) is 214 cm³/mol. The minimum Gasteiger partial charge on any atom is -0.507 e. The molecule has 0 saturated carbocycles. The van der Waals surface area contributed by atoms with Gasteiger partial charge in [0.1, 0.15) is 5.75 Å². The van der Waals surface area contributed by atoms with Crippen LogP contribution >= 0.6 is 0 Å². The minimum atomic E-state index is -7.61. The van der Waals surface area contributed by atoms with E-state index in [1.807, 2.05) is 0 Å². The number of aryl methyl sites for hydroxylation is 3. The number of hydrogen-bond donors (Lipinski definition) is 6. The Kier molecular flexibility index (Phi) is 17.1. The monoisotopic (exact) mass is 1240 g/mol. The maximum absolute atomic E-state index is 15.0. The molecule has 6 N–H and O–H groups in total. The molecule has 3 aromatic rings. The van der Waals surface area contributed by atoms with Crippen LogP contribution in [-0.4, -0.2) is 104 Å². The van der Waals surface area contributed by atoms with Crippen LogP contribution in [0.5, 0.6) is 5.75 Å². The van der Waals surface area contributed by atoms with E-state index in [4.69, 9.17) is 0 Å². The number of phenolic OH excluding ortho intramolecular Hbond substituents is 1. The van der Waals surface area contributed by atoms with Crippen molar-refractivity contribution in [3.05, 3.63) is 104 Å². The van der Waals surface area contributed by atoms with Crippen LogP contribution in [0.3, 0.4) is 0 Å². The van der Waals surface area contributed by atoms with Gasteiger partial charge in [0.15, 0.2) is 0 Å². The molecular weight excluding hydrogens is 1210 g/mol. The highest BCUT2D eigenvalue weighted by atomic mass is 19.5. The van der Waals surface area contributed by atoms with Crippen LogP contribution in [0, 0.1) is 20.8 Å². The summed E-state index contributed by atoms with van der Waals surface area (Å²) in [6.45, 7) is 2.17. The molecule has 0 radical (unpaired) electrons. The van der Waals surface area contributed by atoms with E-state index in [0.29, 0.717) is 47.6 Å². The Bertz CT molecular complexity index is 2810. The molecule has 36 heteroatoms. The molecule has 0 aromatic heterocycles. The van der Waals surface area contributed by atoms with Gasteiger partial charge in [-0.05, 0) is 83.0 Å². The molecule has 3 aromatic carbocycles. The van der Waals surface area contributed by atoms with Crippen molar-refractivity contribution in [3.63, 3.8) is 0 Å². The Morgan fingerprint density at radius 3 is 0.975 bits per heavy atom. The third-order valence-corrected chi connectivity index (χ3v) is 13.3. The van der Waals surface area contributed by atoms with Crippen LogP contribution in [0.1, 0.15) is 95.3 Å². The molecule has 0 saturated heterocycles. The topological polar surface area (TPSA) is 121 Å². The van der Waals surface area contributed by atoms with Crippen molar-refractivity contribution in [2.75, 3.05) is 0 Å². The molecule has 6 nitrogen and oxygen atoms in total. The molecule has 0 bridgehead atoms. The fourth-order valence-corrected chi connectivity index (χ4v) is 8.67. The van der Waals surface area contributed by atoms with Crippen molar-refractivity contribution in [2.24, 2.45) is 0 Å². The maximum atomic E-state index is 15.0. The lowest BCUT2D eigenvalue weighted by Crippen LogP contribution is -2.58. The van der Waals surface area contributed by atoms with E-state index in [2.05, 4.69) is 0 Å². The molecule has 0 heterocycles. The number of aliphatic hydroxyl groups is 5. The van der Waals surface area contributed by atoms with Crippen LogP contribution < -0.4 is 0 Å². The highest BCUT2D eigenvalue weighted by Crippen LogP contribution is 2.60. The summed E-state index contributed by atoms with van der Waals surface area (Å²) in [5.41, 5.74) is -65.6. The average molecular weight is 1240 g/mol. The van der Waals surface area contributed by atoms with E-state index < -0.39 is 204 Å². The van der Waals surface area contributed by atoms with Gasteiger partial charge in [-0.2, -0.15) is 132 Å². The van der Waals surface area contributed by atoms with E-state index in [0.717, 1.165) is 0 Å². The summed E-state index contributed by atoms with van der Waals surface area (Å²) in [6, 6.07) is -1.54. The molecular formula is C45H36F30O6. The first-order chi connectivity index (χ1) is 35.1. The largest absolute Gasteiger partial charge is 0.507 e. The number of aromatic hydroxyl groups is 1. The van der Waals surface area contributed by atoms with Crippen molar-refractivity contribution in [1.29, 1.82) is 0 Å². The Balaban J connectivity index is 2.92. The number of alkyl halides is 30. The van der Waals surface area contributed by atoms with Crippen molar-refractivity contribution in [1.82, 2.24) is 0 Å². The molecule has 0 fully saturated rings. The summed E-state index contributed by atoms with van der Waals surface area (Å²) in [7, 11) is 0. The lowest BCUT2D eigenvalue weighted by Gasteiger charge is -2.41. The van der Waals surface area contributed by atoms with Gasteiger partial charge in [0.05, 0.1) is 0 Å². The minimum absolute atomic E-state index is 0.166. The molecule has 0 amide bonds. The fraction of sp³-hybridized carbons (Fsp3) is 0.556. The number of benzene rings is 3. The van der Waals surface area contributed by atoms with Gasteiger partial charge in [-0.15, -0.1) is 0 Å². The third-order valence-electron chi connectivity index (χ3n) is 13.3. The van der Waals surface area contributed by atoms with Gasteiger partial charge in [-0.25, -0.2) is 0 Å². The maximum Gasteiger partial charge on any atom is 0.430 e. The quantitative estimate of drug-likeness (QED) is 0.106. The summed E-state index contributed by atoms with van der Waals surface area (Å²) in [5.74, 6) is -2.05. The van der Waals surface area contributed by atoms with Gasteiger partial charge in [-0.3, -0.25) is 0 Å². The summed E-state index contributed by atoms with van der Waals surface area (Å²) in [5, 5.41) is 62.1. The standard InChI is InChI=1S/C45H36F30O6/c1-16-8-20(11-23(33(79,40(58,59)60)41(61,62)63)26(16)19(14-31(77,36(46,47)48)37(49,50)51)15-32(78,38(52,53)54)39(55,56)57)29(4,5)21-9-17(2)27(24(12-21)34(80,42(64,65)66)43(67,68)69)30(6,7)22-10-18(3)28(76)25(13-22)35(81,44(70,71)72)45(73,74)75/h8-14,76-81H,15H2,1-7H3/b19-14+. The zero-order valence-electron chi connectivity index (χ0n) is 40.8. The van der Waals surface area contributed by atoms with Gasteiger partial charge >= 0.3 is 61.8 Å². The first-order valence-corrected chi connectivity index (χ1v) is 21.3. The van der Waals surface area contributed by atoms with Gasteiger partial charge in [-0.1, -0.05) is 58.0 Å². The van der Waals surface area contributed by atoms with Crippen LogP contribution in [0.2, 0.25) is 0 Å². The molecule has 0 atom stereocenters. The lowest BCUT2D eigenvalue weighted by molar-refractivity contribution is -0.377. The zero-order valence-corrected chi connectivity index (χ0v) is 40.8. The molecule has 3 rings (SSSR count). The molecule has 81 heavy (non-hydrogen) atoms. The summed E-state index contributed by atoms with van der Waals surface area (Å²) in [6.07, 6.45) is -79.7. The molecule has 0 aliphatic carbocycles. The van der Waals surface area contributed by atoms with Crippen molar-refractivity contribution < 1.29 is 162 Å². The second kappa shape index (κ2) is 19.8. The second-order valence-corrected chi connectivity index (χ2v) is 19.5. The van der Waals surface area contributed by atoms with Gasteiger partial charge in [0.25, 0.3) is 28.0 Å². The Labute approximate surface area is 432 Å². The number of hydrogen-bond acceptors (Lipinski definition) is 6. The molecule has 462 valence electrons. The SMILES string of the molecule is Cc1cc(C(C)(C)c2c(C)cc(C(C)(C)c3cc(C)c(/C(=C/C(O)(C(F)(F)F)C(F)(F)F)CC(O)(C(F)(F)F)C(F)(F)F)c(C(O)(C(F)(F)F)C(F)(F)F)c3)cc2C(O)(C(F)(F)F)C(F)(F)F)cc(C(O)(C(F)(F)F)C(F)(F)F)c1O. The first-order valence-electron chi connectivity index (χ1n) is 21.3. The van der Waals surface area contributed by atoms with Crippen molar-refractivity contribution in [3.8, 4) is 5.75 Å². The predicted octanol–water partition coefficient (Wildman–Crippen LogP) is 14.4. The molecule has 0 unspecified atom stereocenters. The fourth-order valence-electron chi connectivity index (χ4n) is 8.67. The summed E-state index contributed by atoms with van der Waals surface area (Å²) in [4.78, 5) is 0. The Hall–Kier alpha value is -5.10. The van der Waals surface area contributed by atoms with E-state index in [1.165, 1.54) is 0 Å². The van der Waals surface area contributed by atoms with Crippen molar-refractivity contribution in [2.45, 2.75) is 155 Å². The van der Waals surface area contributed by atoms with Gasteiger partial charge < -0.3 is 30.6 Å². The summed E-state index contributed by atoms with van der Waals surface area (Å²) < 4.78 is 433. The van der Waals surface area contributed by atoms with Crippen LogP contribution in [-0.2, 0) is 27.6 Å². The average Bonchev–Trinajstić information content (AvgIpc) is 3.21. The van der Waals surface area contributed by atoms with Crippen molar-refractivity contribution >= 4 is 5.57 Å². The number of phenols is 1. The van der Waals surface area contributed by atoms with Gasteiger partial charge in [0, 0.05) is 33.9 Å². The zero-order chi connectivity index (χ0) is 64.7. The third kappa shape index (κ3) is 11.2. The van der Waals surface area contributed by atoms with Gasteiger partial charge in [0.2, 0.25) is 0 Å². The highest BCUT2D eigenvalue weighted by Gasteiger charge is 2.77. The van der Waals surface area contributed by atoms with Crippen LogP contribution in [0.4, 0.5) is 132 Å². The van der Waals surface area contributed by atoms with E-state index in [1.54, 1.807) is 0 Å².